The average Bonchev–Trinajstić information content (AvgIpc) is 3.46. The molecule has 190 valence electrons. The Morgan fingerprint density at radius 2 is 1.73 bits per heavy atom. The molecule has 2 fully saturated rings. The standard InChI is InChI=1S/C26H27N7O3S/c1-37-26-29-23(28-18-12-16(18)14-8-4-2-5-9-14)20-24(30-26)33(32-31-20)19-13-17(21(34)22(19)35)25(36)27-15-10-6-3-7-11-15/h2-11,16-19,21-22,34-35H,12-13H2,1H3,(H,27,36)(H,28,29,30)/t16?,17-,18?,19+,21+,22-/m1/s1. The quantitative estimate of drug-likeness (QED) is 0.215. The zero-order valence-corrected chi connectivity index (χ0v) is 20.9. The predicted octanol–water partition coefficient (Wildman–Crippen LogP) is 2.83. The lowest BCUT2D eigenvalue weighted by Gasteiger charge is -2.17. The van der Waals surface area contributed by atoms with Crippen LogP contribution >= 0.6 is 11.8 Å². The number of nitrogens with one attached hydrogen (secondary N) is 2. The molecule has 6 atom stereocenters. The Labute approximate surface area is 217 Å². The first kappa shape index (κ1) is 23.8. The van der Waals surface area contributed by atoms with Gasteiger partial charge < -0.3 is 20.8 Å². The molecule has 2 aromatic heterocycles. The van der Waals surface area contributed by atoms with Crippen molar-refractivity contribution in [3.05, 3.63) is 66.2 Å². The topological polar surface area (TPSA) is 138 Å². The van der Waals surface area contributed by atoms with E-state index in [1.807, 2.05) is 42.7 Å². The first-order valence-corrected chi connectivity index (χ1v) is 13.5. The molecule has 1 amide bonds. The van der Waals surface area contributed by atoms with Gasteiger partial charge >= 0.3 is 0 Å². The molecule has 4 aromatic rings. The van der Waals surface area contributed by atoms with Gasteiger partial charge in [-0.1, -0.05) is 65.5 Å². The van der Waals surface area contributed by atoms with Crippen molar-refractivity contribution in [2.75, 3.05) is 16.9 Å². The summed E-state index contributed by atoms with van der Waals surface area (Å²) in [5, 5.41) is 37.1. The summed E-state index contributed by atoms with van der Waals surface area (Å²) >= 11 is 1.40. The summed E-state index contributed by atoms with van der Waals surface area (Å²) in [5.74, 6) is -0.172. The third-order valence-electron chi connectivity index (χ3n) is 7.17. The van der Waals surface area contributed by atoms with E-state index in [1.54, 1.807) is 12.1 Å². The molecule has 0 bridgehead atoms. The maximum absolute atomic E-state index is 12.9. The van der Waals surface area contributed by atoms with Crippen LogP contribution < -0.4 is 10.6 Å². The molecule has 0 spiro atoms. The van der Waals surface area contributed by atoms with E-state index in [0.717, 1.165) is 6.42 Å². The normalized spacial score (nSPS) is 26.8. The number of benzene rings is 2. The maximum Gasteiger partial charge on any atom is 0.230 e. The number of anilines is 2. The van der Waals surface area contributed by atoms with Gasteiger partial charge in [-0.05, 0) is 36.8 Å². The molecule has 2 aliphatic carbocycles. The van der Waals surface area contributed by atoms with Crippen LogP contribution in [-0.2, 0) is 4.79 Å². The van der Waals surface area contributed by atoms with Gasteiger partial charge in [0, 0.05) is 17.6 Å². The predicted molar refractivity (Wildman–Crippen MR) is 140 cm³/mol. The number of carbonyl (C=O) groups excluding carboxylic acids is 1. The maximum atomic E-state index is 12.9. The molecule has 2 aromatic carbocycles. The molecular weight excluding hydrogens is 490 g/mol. The molecule has 37 heavy (non-hydrogen) atoms. The molecule has 0 radical (unpaired) electrons. The van der Waals surface area contributed by atoms with Gasteiger partial charge in [-0.15, -0.1) is 5.10 Å². The van der Waals surface area contributed by atoms with Gasteiger partial charge in [0.05, 0.1) is 18.1 Å². The van der Waals surface area contributed by atoms with Crippen molar-refractivity contribution >= 4 is 40.3 Å². The number of para-hydroxylation sites is 1. The van der Waals surface area contributed by atoms with Crippen LogP contribution in [0, 0.1) is 5.92 Å². The Kier molecular flexibility index (Phi) is 6.27. The number of hydrogen-bond donors (Lipinski definition) is 4. The monoisotopic (exact) mass is 517 g/mol. The fourth-order valence-electron chi connectivity index (χ4n) is 5.09. The molecule has 6 rings (SSSR count). The SMILES string of the molecule is CSc1nc(NC2CC2c2ccccc2)c2nnn([C@H]3C[C@@H](C(=O)Nc4ccccc4)[C@H](O)[C@@H]3O)c2n1. The lowest BCUT2D eigenvalue weighted by atomic mass is 10.0. The second-order valence-electron chi connectivity index (χ2n) is 9.51. The Hall–Kier alpha value is -3.54. The first-order valence-electron chi connectivity index (χ1n) is 12.2. The van der Waals surface area contributed by atoms with Gasteiger partial charge in [0.25, 0.3) is 0 Å². The van der Waals surface area contributed by atoms with Crippen LogP contribution in [0.15, 0.2) is 65.8 Å². The molecule has 0 saturated heterocycles. The second kappa shape index (κ2) is 9.73. The van der Waals surface area contributed by atoms with Crippen molar-refractivity contribution in [2.45, 2.75) is 48.2 Å². The van der Waals surface area contributed by atoms with Crippen molar-refractivity contribution < 1.29 is 15.0 Å². The summed E-state index contributed by atoms with van der Waals surface area (Å²) in [6, 6.07) is 18.9. The highest BCUT2D eigenvalue weighted by Gasteiger charge is 2.47. The van der Waals surface area contributed by atoms with Crippen LogP contribution in [0.5, 0.6) is 0 Å². The van der Waals surface area contributed by atoms with Crippen LogP contribution in [-0.4, -0.2) is 65.6 Å². The Bertz CT molecular complexity index is 1420. The van der Waals surface area contributed by atoms with Gasteiger partial charge in [0.15, 0.2) is 22.1 Å². The summed E-state index contributed by atoms with van der Waals surface area (Å²) in [7, 11) is 0. The smallest absolute Gasteiger partial charge is 0.230 e. The van der Waals surface area contributed by atoms with E-state index in [-0.39, 0.29) is 18.4 Å². The van der Waals surface area contributed by atoms with E-state index in [0.29, 0.717) is 33.7 Å². The zero-order valence-electron chi connectivity index (χ0n) is 20.1. The minimum atomic E-state index is -1.24. The van der Waals surface area contributed by atoms with Crippen molar-refractivity contribution in [3.8, 4) is 0 Å². The van der Waals surface area contributed by atoms with E-state index >= 15 is 0 Å². The third kappa shape index (κ3) is 4.54. The number of fused-ring (bicyclic) bond motifs is 1. The van der Waals surface area contributed by atoms with E-state index in [1.165, 1.54) is 22.0 Å². The van der Waals surface area contributed by atoms with Gasteiger partial charge in [0.2, 0.25) is 5.91 Å². The number of carbonyl (C=O) groups is 1. The van der Waals surface area contributed by atoms with Crippen LogP contribution in [0.2, 0.25) is 0 Å². The molecule has 4 N–H and O–H groups in total. The van der Waals surface area contributed by atoms with Crippen molar-refractivity contribution in [3.63, 3.8) is 0 Å². The van der Waals surface area contributed by atoms with Gasteiger partial charge in [0.1, 0.15) is 6.10 Å². The zero-order chi connectivity index (χ0) is 25.5. The lowest BCUT2D eigenvalue weighted by Crippen LogP contribution is -2.34. The Morgan fingerprint density at radius 1 is 1.00 bits per heavy atom. The van der Waals surface area contributed by atoms with Crippen LogP contribution in [0.3, 0.4) is 0 Å². The molecule has 2 heterocycles. The summed E-state index contributed by atoms with van der Waals surface area (Å²) in [5.41, 5.74) is 2.86. The molecule has 0 aliphatic heterocycles. The summed E-state index contributed by atoms with van der Waals surface area (Å²) in [4.78, 5) is 22.2. The van der Waals surface area contributed by atoms with Crippen molar-refractivity contribution in [2.24, 2.45) is 5.92 Å². The van der Waals surface area contributed by atoms with Crippen LogP contribution in [0.1, 0.15) is 30.4 Å². The minimum Gasteiger partial charge on any atom is -0.390 e. The van der Waals surface area contributed by atoms with E-state index < -0.39 is 24.2 Å². The molecule has 11 heteroatoms. The highest BCUT2D eigenvalue weighted by Crippen LogP contribution is 2.43. The number of aromatic nitrogens is 5. The number of aliphatic hydroxyl groups excluding tert-OH is 2. The second-order valence-corrected chi connectivity index (χ2v) is 10.3. The van der Waals surface area contributed by atoms with Crippen molar-refractivity contribution in [1.82, 2.24) is 25.0 Å². The minimum absolute atomic E-state index is 0.194. The summed E-state index contributed by atoms with van der Waals surface area (Å²) < 4.78 is 1.52. The Balaban J connectivity index is 1.25. The molecule has 2 aliphatic rings. The number of hydrogen-bond acceptors (Lipinski definition) is 9. The lowest BCUT2D eigenvalue weighted by molar-refractivity contribution is -0.123. The number of rotatable bonds is 7. The number of amides is 1. The molecule has 2 saturated carbocycles. The highest BCUT2D eigenvalue weighted by atomic mass is 32.2. The molecular formula is C26H27N7O3S. The first-order chi connectivity index (χ1) is 18.0. The average molecular weight is 518 g/mol. The number of nitrogens with zero attached hydrogens (tertiary/aromatic N) is 5. The van der Waals surface area contributed by atoms with Gasteiger partial charge in [-0.2, -0.15) is 0 Å². The van der Waals surface area contributed by atoms with Gasteiger partial charge in [-0.3, -0.25) is 4.79 Å². The van der Waals surface area contributed by atoms with Crippen molar-refractivity contribution in [1.29, 1.82) is 0 Å². The van der Waals surface area contributed by atoms with E-state index in [9.17, 15) is 15.0 Å². The molecule has 2 unspecified atom stereocenters. The fraction of sp³-hybridized carbons (Fsp3) is 0.346. The van der Waals surface area contributed by atoms with Crippen LogP contribution in [0.4, 0.5) is 11.5 Å². The Morgan fingerprint density at radius 3 is 2.46 bits per heavy atom. The summed E-state index contributed by atoms with van der Waals surface area (Å²) in [6.45, 7) is 0. The van der Waals surface area contributed by atoms with Gasteiger partial charge in [-0.25, -0.2) is 14.6 Å². The number of aliphatic hydroxyl groups is 2. The third-order valence-corrected chi connectivity index (χ3v) is 7.72. The summed E-state index contributed by atoms with van der Waals surface area (Å²) in [6.07, 6.45) is 0.627. The van der Waals surface area contributed by atoms with E-state index in [2.05, 4.69) is 43.0 Å². The highest BCUT2D eigenvalue weighted by molar-refractivity contribution is 7.98. The van der Waals surface area contributed by atoms with E-state index in [4.69, 9.17) is 0 Å². The van der Waals surface area contributed by atoms with Crippen LogP contribution in [0.25, 0.3) is 11.2 Å². The largest absolute Gasteiger partial charge is 0.390 e. The number of thioether (sulfide) groups is 1. The fourth-order valence-corrected chi connectivity index (χ4v) is 5.45. The molecule has 10 nitrogen and oxygen atoms in total.